The van der Waals surface area contributed by atoms with Crippen LogP contribution in [0.4, 0.5) is 0 Å². The molecule has 0 aliphatic carbocycles. The summed E-state index contributed by atoms with van der Waals surface area (Å²) >= 11 is 0. The first-order chi connectivity index (χ1) is 9.88. The number of aromatic nitrogens is 3. The van der Waals surface area contributed by atoms with Crippen molar-refractivity contribution in [2.24, 2.45) is 0 Å². The molecule has 0 atom stereocenters. The van der Waals surface area contributed by atoms with Gasteiger partial charge in [-0.3, -0.25) is 15.0 Å². The molecule has 0 unspecified atom stereocenters. The summed E-state index contributed by atoms with van der Waals surface area (Å²) in [6.07, 6.45) is 8.72. The maximum Gasteiger partial charge on any atom is 0.0796 e. The van der Waals surface area contributed by atoms with Gasteiger partial charge in [-0.25, -0.2) is 0 Å². The zero-order valence-electron chi connectivity index (χ0n) is 10.8. The van der Waals surface area contributed by atoms with E-state index in [1.54, 1.807) is 31.0 Å². The molecule has 0 saturated carbocycles. The third-order valence-electron chi connectivity index (χ3n) is 3.03. The third kappa shape index (κ3) is 2.41. The molecule has 20 heavy (non-hydrogen) atoms. The Kier molecular flexibility index (Phi) is 3.48. The molecule has 0 bridgehead atoms. The zero-order chi connectivity index (χ0) is 13.8. The van der Waals surface area contributed by atoms with Crippen LogP contribution in [0.15, 0.2) is 61.3 Å². The van der Waals surface area contributed by atoms with Crippen molar-refractivity contribution in [1.29, 1.82) is 0 Å². The first-order valence-electron chi connectivity index (χ1n) is 6.29. The van der Waals surface area contributed by atoms with Crippen molar-refractivity contribution >= 4 is 0 Å². The third-order valence-corrected chi connectivity index (χ3v) is 3.03. The van der Waals surface area contributed by atoms with E-state index in [-0.39, 0.29) is 6.61 Å². The Balaban J connectivity index is 2.20. The van der Waals surface area contributed by atoms with E-state index in [9.17, 15) is 5.11 Å². The molecule has 0 saturated heterocycles. The number of rotatable bonds is 3. The molecule has 0 radical (unpaired) electrons. The van der Waals surface area contributed by atoms with E-state index < -0.39 is 0 Å². The van der Waals surface area contributed by atoms with E-state index >= 15 is 0 Å². The van der Waals surface area contributed by atoms with Gasteiger partial charge in [0, 0.05) is 47.7 Å². The maximum atomic E-state index is 9.30. The lowest BCUT2D eigenvalue weighted by atomic mass is 10.0. The Morgan fingerprint density at radius 3 is 2.20 bits per heavy atom. The van der Waals surface area contributed by atoms with Gasteiger partial charge in [0.25, 0.3) is 0 Å². The molecule has 3 aromatic rings. The lowest BCUT2D eigenvalue weighted by molar-refractivity contribution is 0.281. The van der Waals surface area contributed by atoms with Gasteiger partial charge < -0.3 is 5.11 Å². The quantitative estimate of drug-likeness (QED) is 0.789. The van der Waals surface area contributed by atoms with E-state index in [1.165, 1.54) is 0 Å². The fraction of sp³-hybridized carbons (Fsp3) is 0.0625. The number of hydrogen-bond acceptors (Lipinski definition) is 4. The van der Waals surface area contributed by atoms with Crippen molar-refractivity contribution in [3.8, 4) is 22.4 Å². The molecular weight excluding hydrogens is 250 g/mol. The molecule has 0 fully saturated rings. The highest BCUT2D eigenvalue weighted by Gasteiger charge is 2.10. The predicted octanol–water partition coefficient (Wildman–Crippen LogP) is 2.70. The number of pyridine rings is 3. The van der Waals surface area contributed by atoms with E-state index in [1.807, 2.05) is 30.3 Å². The highest BCUT2D eigenvalue weighted by Crippen LogP contribution is 2.30. The Morgan fingerprint density at radius 1 is 0.900 bits per heavy atom. The Labute approximate surface area is 116 Å². The van der Waals surface area contributed by atoms with Gasteiger partial charge >= 0.3 is 0 Å². The monoisotopic (exact) mass is 263 g/mol. The molecular formula is C16H13N3O. The average molecular weight is 263 g/mol. The molecule has 0 aliphatic rings. The van der Waals surface area contributed by atoms with Crippen molar-refractivity contribution in [1.82, 2.24) is 15.0 Å². The summed E-state index contributed by atoms with van der Waals surface area (Å²) in [5.41, 5.74) is 4.46. The molecule has 3 heterocycles. The van der Waals surface area contributed by atoms with E-state index in [4.69, 9.17) is 0 Å². The zero-order valence-corrected chi connectivity index (χ0v) is 10.8. The summed E-state index contributed by atoms with van der Waals surface area (Å²) in [4.78, 5) is 12.7. The number of nitrogens with zero attached hydrogens (tertiary/aromatic N) is 3. The number of hydrogen-bond donors (Lipinski definition) is 1. The van der Waals surface area contributed by atoms with Gasteiger partial charge in [0.05, 0.1) is 12.3 Å². The highest BCUT2D eigenvalue weighted by molar-refractivity contribution is 5.80. The molecule has 0 aliphatic heterocycles. The largest absolute Gasteiger partial charge is 0.392 e. The molecule has 0 spiro atoms. The Bertz CT molecular complexity index is 699. The van der Waals surface area contributed by atoms with Crippen molar-refractivity contribution in [3.63, 3.8) is 0 Å². The SMILES string of the molecule is OCc1cnc(-c2cccnc2)c(-c2cccnc2)c1. The van der Waals surface area contributed by atoms with Crippen LogP contribution in [0.5, 0.6) is 0 Å². The molecule has 1 N–H and O–H groups in total. The first-order valence-corrected chi connectivity index (χ1v) is 6.29. The van der Waals surface area contributed by atoms with Gasteiger partial charge in [-0.15, -0.1) is 0 Å². The normalized spacial score (nSPS) is 10.4. The fourth-order valence-electron chi connectivity index (χ4n) is 2.07. The summed E-state index contributed by atoms with van der Waals surface area (Å²) < 4.78 is 0. The summed E-state index contributed by atoms with van der Waals surface area (Å²) in [7, 11) is 0. The minimum Gasteiger partial charge on any atom is -0.392 e. The molecule has 3 rings (SSSR count). The predicted molar refractivity (Wildman–Crippen MR) is 76.6 cm³/mol. The van der Waals surface area contributed by atoms with Gasteiger partial charge in [-0.05, 0) is 29.8 Å². The van der Waals surface area contributed by atoms with Gasteiger partial charge in [-0.1, -0.05) is 6.07 Å². The van der Waals surface area contributed by atoms with Crippen LogP contribution in [0.2, 0.25) is 0 Å². The summed E-state index contributed by atoms with van der Waals surface area (Å²) in [5.74, 6) is 0. The second-order valence-electron chi connectivity index (χ2n) is 4.38. The second-order valence-corrected chi connectivity index (χ2v) is 4.38. The number of aliphatic hydroxyl groups excluding tert-OH is 1. The van der Waals surface area contributed by atoms with Gasteiger partial charge in [0.2, 0.25) is 0 Å². The standard InChI is InChI=1S/C16H13N3O/c20-11-12-7-15(13-3-1-5-17-9-13)16(19-8-12)14-4-2-6-18-10-14/h1-10,20H,11H2. The van der Waals surface area contributed by atoms with E-state index in [0.717, 1.165) is 27.9 Å². The fourth-order valence-corrected chi connectivity index (χ4v) is 2.07. The van der Waals surface area contributed by atoms with Crippen molar-refractivity contribution in [2.75, 3.05) is 0 Å². The average Bonchev–Trinajstić information content (AvgIpc) is 2.56. The van der Waals surface area contributed by atoms with E-state index in [2.05, 4.69) is 15.0 Å². The molecule has 0 aromatic carbocycles. The van der Waals surface area contributed by atoms with Gasteiger partial charge in [0.15, 0.2) is 0 Å². The van der Waals surface area contributed by atoms with Crippen LogP contribution in [0.25, 0.3) is 22.4 Å². The summed E-state index contributed by atoms with van der Waals surface area (Å²) in [6.45, 7) is -0.0341. The Hall–Kier alpha value is -2.59. The van der Waals surface area contributed by atoms with E-state index in [0.29, 0.717) is 0 Å². The smallest absolute Gasteiger partial charge is 0.0796 e. The van der Waals surface area contributed by atoms with Crippen LogP contribution < -0.4 is 0 Å². The van der Waals surface area contributed by atoms with Crippen molar-refractivity contribution in [2.45, 2.75) is 6.61 Å². The topological polar surface area (TPSA) is 58.9 Å². The minimum atomic E-state index is -0.0341. The summed E-state index contributed by atoms with van der Waals surface area (Å²) in [6, 6.07) is 9.64. The molecule has 4 heteroatoms. The van der Waals surface area contributed by atoms with Crippen LogP contribution >= 0.6 is 0 Å². The molecule has 3 aromatic heterocycles. The summed E-state index contributed by atoms with van der Waals surface area (Å²) in [5, 5.41) is 9.30. The van der Waals surface area contributed by atoms with Crippen LogP contribution in [0, 0.1) is 0 Å². The lowest BCUT2D eigenvalue weighted by Crippen LogP contribution is -1.94. The molecule has 98 valence electrons. The van der Waals surface area contributed by atoms with Crippen LogP contribution in [-0.2, 0) is 6.61 Å². The van der Waals surface area contributed by atoms with Gasteiger partial charge in [-0.2, -0.15) is 0 Å². The number of aliphatic hydroxyl groups is 1. The molecule has 0 amide bonds. The van der Waals surface area contributed by atoms with Crippen LogP contribution in [0.3, 0.4) is 0 Å². The highest BCUT2D eigenvalue weighted by atomic mass is 16.3. The molecule has 4 nitrogen and oxygen atoms in total. The second kappa shape index (κ2) is 5.59. The lowest BCUT2D eigenvalue weighted by Gasteiger charge is -2.10. The minimum absolute atomic E-state index is 0.0341. The maximum absolute atomic E-state index is 9.30. The van der Waals surface area contributed by atoms with Crippen LogP contribution in [0.1, 0.15) is 5.56 Å². The van der Waals surface area contributed by atoms with Crippen LogP contribution in [-0.4, -0.2) is 20.1 Å². The van der Waals surface area contributed by atoms with Crippen molar-refractivity contribution < 1.29 is 5.11 Å². The van der Waals surface area contributed by atoms with Gasteiger partial charge in [0.1, 0.15) is 0 Å². The Morgan fingerprint density at radius 2 is 1.60 bits per heavy atom. The van der Waals surface area contributed by atoms with Crippen molar-refractivity contribution in [3.05, 3.63) is 66.9 Å². The first kappa shape index (κ1) is 12.4.